The molecule has 0 N–H and O–H groups in total. The van der Waals surface area contributed by atoms with Gasteiger partial charge in [-0.05, 0) is 174 Å². The van der Waals surface area contributed by atoms with E-state index >= 15 is 0 Å². The van der Waals surface area contributed by atoms with Crippen molar-refractivity contribution in [1.82, 2.24) is 0 Å². The third-order valence-corrected chi connectivity index (χ3v) is 15.4. The highest BCUT2D eigenvalue weighted by atomic mass is 16.3. The number of hydrogen-bond acceptors (Lipinski definition) is 2. The van der Waals surface area contributed by atoms with Crippen LogP contribution in [0.4, 0.5) is 17.1 Å². The highest BCUT2D eigenvalue weighted by Gasteiger charge is 2.57. The van der Waals surface area contributed by atoms with Crippen LogP contribution in [-0.4, -0.2) is 0 Å². The third kappa shape index (κ3) is 4.06. The first kappa shape index (κ1) is 29.3. The SMILES string of the molecule is CC1(C)c2ccccc2-c2ccc(N(c3ccc(C4CC5CCC4C5)cc3)c3ccc4oc5cccc(C67CC8CC(C6)C(C8)C7)c5c4c3)cc21. The fraction of sp³-hybridized carbons (Fsp3) is 0.388. The zero-order valence-corrected chi connectivity index (χ0v) is 30.0. The normalized spacial score (nSPS) is 30.5. The van der Waals surface area contributed by atoms with Gasteiger partial charge >= 0.3 is 0 Å². The molecule has 2 nitrogen and oxygen atoms in total. The molecule has 7 aliphatic rings. The van der Waals surface area contributed by atoms with Crippen LogP contribution in [0, 0.1) is 29.6 Å². The Hall–Kier alpha value is -4.30. The zero-order valence-electron chi connectivity index (χ0n) is 30.0. The molecule has 13 rings (SSSR count). The molecular formula is C49H47NO. The largest absolute Gasteiger partial charge is 0.456 e. The average Bonchev–Trinajstić information content (AvgIpc) is 4.00. The van der Waals surface area contributed by atoms with E-state index in [2.05, 4.69) is 122 Å². The van der Waals surface area contributed by atoms with E-state index in [0.29, 0.717) is 5.41 Å². The van der Waals surface area contributed by atoms with E-state index in [1.807, 2.05) is 0 Å². The molecule has 0 radical (unpaired) electrons. The van der Waals surface area contributed by atoms with E-state index in [0.717, 1.165) is 46.7 Å². The summed E-state index contributed by atoms with van der Waals surface area (Å²) in [6, 6.07) is 39.8. The molecule has 1 aromatic heterocycles. The van der Waals surface area contributed by atoms with Crippen molar-refractivity contribution >= 4 is 39.0 Å². The molecule has 5 aromatic carbocycles. The Morgan fingerprint density at radius 1 is 0.569 bits per heavy atom. The molecule has 2 heteroatoms. The standard InChI is InChI=1S/C49H47NO/c1-48(2)42-7-4-3-6-38(42)39-18-16-37(25-44(39)48)50(35-14-12-31(13-15-35)40-23-29-10-11-32(40)20-29)36-17-19-45-41(24-36)47-43(8-5-9-46(47)51-45)49-26-30-21-33(27-49)34(22-30)28-49/h3-9,12-19,24-25,29-30,32-34,40H,10-11,20-23,26-28H2,1-2H3. The molecule has 6 saturated carbocycles. The predicted molar refractivity (Wildman–Crippen MR) is 209 cm³/mol. The number of fused-ring (bicyclic) bond motifs is 8. The predicted octanol–water partition coefficient (Wildman–Crippen LogP) is 13.3. The summed E-state index contributed by atoms with van der Waals surface area (Å²) in [4.78, 5) is 2.52. The molecule has 0 amide bonds. The molecule has 6 aromatic rings. The van der Waals surface area contributed by atoms with Crippen molar-refractivity contribution < 1.29 is 4.42 Å². The van der Waals surface area contributed by atoms with E-state index in [4.69, 9.17) is 4.42 Å². The topological polar surface area (TPSA) is 16.4 Å². The highest BCUT2D eigenvalue weighted by molar-refractivity contribution is 6.09. The fourth-order valence-electron chi connectivity index (χ4n) is 13.3. The van der Waals surface area contributed by atoms with Crippen LogP contribution in [0.1, 0.15) is 99.8 Å². The van der Waals surface area contributed by atoms with E-state index in [9.17, 15) is 0 Å². The Kier molecular flexibility index (Phi) is 5.85. The molecule has 1 heterocycles. The van der Waals surface area contributed by atoms with E-state index in [1.54, 1.807) is 5.56 Å². The summed E-state index contributed by atoms with van der Waals surface area (Å²) in [7, 11) is 0. The van der Waals surface area contributed by atoms with Crippen molar-refractivity contribution in [3.63, 3.8) is 0 Å². The Bertz CT molecular complexity index is 2370. The molecule has 5 atom stereocenters. The van der Waals surface area contributed by atoms with Crippen LogP contribution in [0.5, 0.6) is 0 Å². The molecule has 7 aliphatic carbocycles. The maximum Gasteiger partial charge on any atom is 0.135 e. The van der Waals surface area contributed by atoms with Crippen LogP contribution in [0.3, 0.4) is 0 Å². The maximum atomic E-state index is 6.67. The first-order chi connectivity index (χ1) is 24.9. The second-order valence-electron chi connectivity index (χ2n) is 18.3. The highest BCUT2D eigenvalue weighted by Crippen LogP contribution is 2.66. The van der Waals surface area contributed by atoms with Crippen LogP contribution in [0.15, 0.2) is 108 Å². The number of nitrogens with zero attached hydrogens (tertiary/aromatic N) is 1. The van der Waals surface area contributed by atoms with Crippen molar-refractivity contribution in [2.24, 2.45) is 29.6 Å². The fourth-order valence-corrected chi connectivity index (χ4v) is 13.3. The Labute approximate surface area is 301 Å². The van der Waals surface area contributed by atoms with Gasteiger partial charge < -0.3 is 9.32 Å². The number of rotatable bonds is 5. The van der Waals surface area contributed by atoms with Gasteiger partial charge in [-0.3, -0.25) is 0 Å². The summed E-state index contributed by atoms with van der Waals surface area (Å²) in [5.41, 5.74) is 14.6. The van der Waals surface area contributed by atoms with Crippen molar-refractivity contribution in [3.05, 3.63) is 125 Å². The number of anilines is 3. The Morgan fingerprint density at radius 2 is 1.29 bits per heavy atom. The summed E-state index contributed by atoms with van der Waals surface area (Å²) < 4.78 is 6.67. The van der Waals surface area contributed by atoms with Crippen molar-refractivity contribution in [1.29, 1.82) is 0 Å². The lowest BCUT2D eigenvalue weighted by molar-refractivity contribution is 0.231. The zero-order chi connectivity index (χ0) is 33.6. The summed E-state index contributed by atoms with van der Waals surface area (Å²) >= 11 is 0. The van der Waals surface area contributed by atoms with E-state index in [-0.39, 0.29) is 5.41 Å². The summed E-state index contributed by atoms with van der Waals surface area (Å²) in [5.74, 6) is 5.35. The summed E-state index contributed by atoms with van der Waals surface area (Å²) in [6.45, 7) is 4.78. The molecule has 0 saturated heterocycles. The second-order valence-corrected chi connectivity index (χ2v) is 18.3. The molecule has 254 valence electrons. The van der Waals surface area contributed by atoms with Gasteiger partial charge in [0, 0.05) is 33.2 Å². The molecular weight excluding hydrogens is 619 g/mol. The first-order valence-electron chi connectivity index (χ1n) is 20.0. The lowest BCUT2D eigenvalue weighted by Crippen LogP contribution is -2.31. The quantitative estimate of drug-likeness (QED) is 0.182. The average molecular weight is 666 g/mol. The minimum atomic E-state index is -0.0575. The van der Waals surface area contributed by atoms with E-state index in [1.165, 1.54) is 113 Å². The monoisotopic (exact) mass is 665 g/mol. The van der Waals surface area contributed by atoms with Gasteiger partial charge in [-0.25, -0.2) is 0 Å². The minimum Gasteiger partial charge on any atom is -0.456 e. The van der Waals surface area contributed by atoms with Gasteiger partial charge in [0.05, 0.1) is 0 Å². The van der Waals surface area contributed by atoms with Gasteiger partial charge in [-0.2, -0.15) is 0 Å². The van der Waals surface area contributed by atoms with Gasteiger partial charge in [0.25, 0.3) is 0 Å². The first-order valence-corrected chi connectivity index (χ1v) is 20.0. The van der Waals surface area contributed by atoms with Crippen LogP contribution < -0.4 is 4.90 Å². The maximum absolute atomic E-state index is 6.67. The molecule has 0 aliphatic heterocycles. The van der Waals surface area contributed by atoms with Crippen LogP contribution in [0.25, 0.3) is 33.1 Å². The Morgan fingerprint density at radius 3 is 2.08 bits per heavy atom. The van der Waals surface area contributed by atoms with Crippen LogP contribution in [0.2, 0.25) is 0 Å². The molecule has 5 unspecified atom stereocenters. The van der Waals surface area contributed by atoms with Gasteiger partial charge in [0.2, 0.25) is 0 Å². The van der Waals surface area contributed by atoms with Crippen molar-refractivity contribution in [2.75, 3.05) is 4.90 Å². The van der Waals surface area contributed by atoms with Crippen LogP contribution in [-0.2, 0) is 10.8 Å². The van der Waals surface area contributed by atoms with Gasteiger partial charge in [-0.1, -0.05) is 74.9 Å². The van der Waals surface area contributed by atoms with Crippen LogP contribution >= 0.6 is 0 Å². The van der Waals surface area contributed by atoms with Gasteiger partial charge in [0.15, 0.2) is 0 Å². The third-order valence-electron chi connectivity index (χ3n) is 15.4. The molecule has 6 fully saturated rings. The van der Waals surface area contributed by atoms with Crippen molar-refractivity contribution in [3.8, 4) is 11.1 Å². The summed E-state index contributed by atoms with van der Waals surface area (Å²) in [6.07, 6.45) is 12.7. The smallest absolute Gasteiger partial charge is 0.135 e. The van der Waals surface area contributed by atoms with E-state index < -0.39 is 0 Å². The lowest BCUT2D eigenvalue weighted by atomic mass is 9.65. The molecule has 51 heavy (non-hydrogen) atoms. The van der Waals surface area contributed by atoms with Crippen molar-refractivity contribution in [2.45, 2.75) is 88.4 Å². The Balaban J connectivity index is 1.02. The molecule has 0 spiro atoms. The summed E-state index contributed by atoms with van der Waals surface area (Å²) in [5, 5.41) is 2.64. The second kappa shape index (κ2) is 10.2. The number of hydrogen-bond donors (Lipinski definition) is 0. The lowest BCUT2D eigenvalue weighted by Gasteiger charge is -2.39. The molecule has 6 bridgehead atoms. The number of benzene rings is 5. The van der Waals surface area contributed by atoms with Gasteiger partial charge in [0.1, 0.15) is 11.2 Å². The minimum absolute atomic E-state index is 0.0575. The number of furan rings is 1. The van der Waals surface area contributed by atoms with Gasteiger partial charge in [-0.15, -0.1) is 0 Å².